The molecule has 2 atom stereocenters. The fourth-order valence-electron chi connectivity index (χ4n) is 1.27. The number of hydrogen-bond donors (Lipinski definition) is 1. The number of ether oxygens (including phenoxy) is 1. The zero-order valence-electron chi connectivity index (χ0n) is 7.75. The highest BCUT2D eigenvalue weighted by Gasteiger charge is 2.24. The van der Waals surface area contributed by atoms with Gasteiger partial charge in [0.25, 0.3) is 0 Å². The van der Waals surface area contributed by atoms with Crippen molar-refractivity contribution in [3.63, 3.8) is 0 Å². The van der Waals surface area contributed by atoms with Crippen LogP contribution in [0.3, 0.4) is 0 Å². The Hall–Kier alpha value is -1.08. The molecular formula is C9H14N2O2. The number of nitriles is 1. The molecule has 1 N–H and O–H groups in total. The lowest BCUT2D eigenvalue weighted by molar-refractivity contribution is -0.130. The van der Waals surface area contributed by atoms with Gasteiger partial charge in [0.1, 0.15) is 12.1 Å². The maximum atomic E-state index is 11.4. The number of hydrogen-bond acceptors (Lipinski definition) is 3. The summed E-state index contributed by atoms with van der Waals surface area (Å²) >= 11 is 0. The molecule has 0 aromatic heterocycles. The van der Waals surface area contributed by atoms with E-state index in [2.05, 4.69) is 5.32 Å². The number of nitrogens with zero attached hydrogens (tertiary/aromatic N) is 1. The van der Waals surface area contributed by atoms with Crippen molar-refractivity contribution >= 4 is 5.91 Å². The van der Waals surface area contributed by atoms with Crippen LogP contribution in [0.4, 0.5) is 0 Å². The van der Waals surface area contributed by atoms with Crippen LogP contribution in [-0.2, 0) is 9.53 Å². The van der Waals surface area contributed by atoms with Crippen LogP contribution in [0.25, 0.3) is 0 Å². The van der Waals surface area contributed by atoms with Gasteiger partial charge in [-0.3, -0.25) is 4.79 Å². The summed E-state index contributed by atoms with van der Waals surface area (Å²) < 4.78 is 5.18. The molecule has 72 valence electrons. The summed E-state index contributed by atoms with van der Waals surface area (Å²) in [5.41, 5.74) is 0. The van der Waals surface area contributed by atoms with E-state index in [1.165, 1.54) is 0 Å². The van der Waals surface area contributed by atoms with E-state index < -0.39 is 0 Å². The second-order valence-electron chi connectivity index (χ2n) is 3.10. The van der Waals surface area contributed by atoms with Crippen LogP contribution in [0.2, 0.25) is 0 Å². The van der Waals surface area contributed by atoms with Gasteiger partial charge in [-0.15, -0.1) is 0 Å². The Morgan fingerprint density at radius 3 is 3.08 bits per heavy atom. The molecular weight excluding hydrogens is 168 g/mol. The minimum Gasteiger partial charge on any atom is -0.368 e. The second kappa shape index (κ2) is 4.83. The quantitative estimate of drug-likeness (QED) is 0.694. The van der Waals surface area contributed by atoms with Gasteiger partial charge in [-0.2, -0.15) is 5.26 Å². The summed E-state index contributed by atoms with van der Waals surface area (Å²) in [5, 5.41) is 11.2. The number of nitrogens with one attached hydrogen (secondary N) is 1. The van der Waals surface area contributed by atoms with Crippen molar-refractivity contribution in [2.75, 3.05) is 6.61 Å². The molecule has 0 unspecified atom stereocenters. The van der Waals surface area contributed by atoms with Gasteiger partial charge < -0.3 is 10.1 Å². The summed E-state index contributed by atoms with van der Waals surface area (Å²) in [5.74, 6) is -0.147. The monoisotopic (exact) mass is 182 g/mol. The van der Waals surface area contributed by atoms with E-state index in [1.54, 1.807) is 0 Å². The van der Waals surface area contributed by atoms with Crippen molar-refractivity contribution < 1.29 is 9.53 Å². The zero-order valence-corrected chi connectivity index (χ0v) is 7.75. The molecule has 0 aliphatic carbocycles. The summed E-state index contributed by atoms with van der Waals surface area (Å²) in [4.78, 5) is 11.4. The first-order chi connectivity index (χ1) is 6.27. The lowest BCUT2D eigenvalue weighted by Crippen LogP contribution is -2.40. The average Bonchev–Trinajstić information content (AvgIpc) is 2.66. The van der Waals surface area contributed by atoms with E-state index in [4.69, 9.17) is 10.00 Å². The molecule has 1 aliphatic rings. The molecule has 1 aliphatic heterocycles. The summed E-state index contributed by atoms with van der Waals surface area (Å²) in [6.07, 6.45) is 2.01. The molecule has 0 aromatic carbocycles. The fraction of sp³-hybridized carbons (Fsp3) is 0.778. The number of amides is 1. The van der Waals surface area contributed by atoms with E-state index in [9.17, 15) is 4.79 Å². The molecule has 0 saturated carbocycles. The minimum atomic E-state index is -0.378. The Kier molecular flexibility index (Phi) is 3.71. The largest absolute Gasteiger partial charge is 0.368 e. The predicted octanol–water partition coefficient (Wildman–Crippen LogP) is 0.584. The van der Waals surface area contributed by atoms with Gasteiger partial charge in [-0.05, 0) is 19.3 Å². The molecule has 0 radical (unpaired) electrons. The Balaban J connectivity index is 2.35. The van der Waals surface area contributed by atoms with Gasteiger partial charge in [0.2, 0.25) is 5.91 Å². The van der Waals surface area contributed by atoms with Gasteiger partial charge in [-0.25, -0.2) is 0 Å². The topological polar surface area (TPSA) is 62.1 Å². The summed E-state index contributed by atoms with van der Waals surface area (Å²) in [6.45, 7) is 2.52. The lowest BCUT2D eigenvalue weighted by atomic mass is 10.2. The first-order valence-corrected chi connectivity index (χ1v) is 4.59. The highest BCUT2D eigenvalue weighted by molar-refractivity contribution is 5.81. The maximum absolute atomic E-state index is 11.4. The van der Waals surface area contributed by atoms with E-state index in [1.807, 2.05) is 13.0 Å². The maximum Gasteiger partial charge on any atom is 0.250 e. The van der Waals surface area contributed by atoms with Gasteiger partial charge in [-0.1, -0.05) is 6.92 Å². The van der Waals surface area contributed by atoms with Crippen LogP contribution in [0.15, 0.2) is 0 Å². The highest BCUT2D eigenvalue weighted by atomic mass is 16.5. The van der Waals surface area contributed by atoms with E-state index in [0.29, 0.717) is 13.0 Å². The average molecular weight is 182 g/mol. The smallest absolute Gasteiger partial charge is 0.250 e. The zero-order chi connectivity index (χ0) is 9.68. The Morgan fingerprint density at radius 2 is 2.62 bits per heavy atom. The Morgan fingerprint density at radius 1 is 1.85 bits per heavy atom. The van der Waals surface area contributed by atoms with Crippen molar-refractivity contribution in [2.45, 2.75) is 38.3 Å². The molecule has 1 saturated heterocycles. The fourth-order valence-corrected chi connectivity index (χ4v) is 1.27. The van der Waals surface area contributed by atoms with Gasteiger partial charge in [0, 0.05) is 6.61 Å². The minimum absolute atomic E-state index is 0.147. The Bertz CT molecular complexity index is 216. The molecule has 1 rings (SSSR count). The number of carbonyl (C=O) groups excluding carboxylic acids is 1. The van der Waals surface area contributed by atoms with E-state index >= 15 is 0 Å². The summed E-state index contributed by atoms with van der Waals surface area (Å²) in [6, 6.07) is 1.64. The molecule has 0 aromatic rings. The molecule has 0 bridgehead atoms. The molecule has 1 heterocycles. The standard InChI is InChI=1S/C9H14N2O2/c1-2-7(6-10)11-9(12)8-4-3-5-13-8/h7-8H,2-5H2,1H3,(H,11,12)/t7-,8-/m1/s1. The number of carbonyl (C=O) groups is 1. The summed E-state index contributed by atoms with van der Waals surface area (Å²) in [7, 11) is 0. The first-order valence-electron chi connectivity index (χ1n) is 4.59. The third-order valence-corrected chi connectivity index (χ3v) is 2.10. The van der Waals surface area contributed by atoms with Crippen LogP contribution in [0.1, 0.15) is 26.2 Å². The van der Waals surface area contributed by atoms with Crippen LogP contribution in [-0.4, -0.2) is 24.7 Å². The van der Waals surface area contributed by atoms with Crippen LogP contribution in [0.5, 0.6) is 0 Å². The van der Waals surface area contributed by atoms with Gasteiger partial charge >= 0.3 is 0 Å². The van der Waals surface area contributed by atoms with Crippen molar-refractivity contribution in [1.29, 1.82) is 5.26 Å². The third kappa shape index (κ3) is 2.71. The van der Waals surface area contributed by atoms with E-state index in [0.717, 1.165) is 12.8 Å². The van der Waals surface area contributed by atoms with Crippen molar-refractivity contribution in [3.8, 4) is 6.07 Å². The second-order valence-corrected chi connectivity index (χ2v) is 3.10. The predicted molar refractivity (Wildman–Crippen MR) is 46.8 cm³/mol. The molecule has 4 nitrogen and oxygen atoms in total. The lowest BCUT2D eigenvalue weighted by Gasteiger charge is -2.12. The van der Waals surface area contributed by atoms with Gasteiger partial charge in [0.05, 0.1) is 6.07 Å². The van der Waals surface area contributed by atoms with Crippen LogP contribution in [0, 0.1) is 11.3 Å². The molecule has 13 heavy (non-hydrogen) atoms. The first kappa shape index (κ1) is 10.0. The number of rotatable bonds is 3. The molecule has 4 heteroatoms. The van der Waals surface area contributed by atoms with Crippen LogP contribution < -0.4 is 5.32 Å². The normalized spacial score (nSPS) is 23.5. The Labute approximate surface area is 77.9 Å². The third-order valence-electron chi connectivity index (χ3n) is 2.10. The van der Waals surface area contributed by atoms with Crippen molar-refractivity contribution in [1.82, 2.24) is 5.32 Å². The van der Waals surface area contributed by atoms with Gasteiger partial charge in [0.15, 0.2) is 0 Å². The molecule has 1 amide bonds. The van der Waals surface area contributed by atoms with Crippen molar-refractivity contribution in [3.05, 3.63) is 0 Å². The molecule has 0 spiro atoms. The SMILES string of the molecule is CC[C@H](C#N)NC(=O)[C@H]1CCCO1. The highest BCUT2D eigenvalue weighted by Crippen LogP contribution is 2.11. The van der Waals surface area contributed by atoms with Crippen LogP contribution >= 0.6 is 0 Å². The van der Waals surface area contributed by atoms with E-state index in [-0.39, 0.29) is 18.1 Å². The van der Waals surface area contributed by atoms with Crippen molar-refractivity contribution in [2.24, 2.45) is 0 Å². The molecule has 1 fully saturated rings.